The van der Waals surface area contributed by atoms with E-state index in [4.69, 9.17) is 22.1 Å². The van der Waals surface area contributed by atoms with Gasteiger partial charge in [0.25, 0.3) is 0 Å². The molecule has 0 saturated carbocycles. The van der Waals surface area contributed by atoms with E-state index < -0.39 is 5.97 Å². The van der Waals surface area contributed by atoms with Crippen LogP contribution in [0.4, 0.5) is 11.6 Å². The van der Waals surface area contributed by atoms with Crippen LogP contribution in [0.25, 0.3) is 5.69 Å². The van der Waals surface area contributed by atoms with E-state index in [0.29, 0.717) is 16.5 Å². The van der Waals surface area contributed by atoms with Crippen LogP contribution in [0, 0.1) is 0 Å². The van der Waals surface area contributed by atoms with E-state index in [-0.39, 0.29) is 11.4 Å². The largest absolute Gasteiger partial charge is 0.465 e. The van der Waals surface area contributed by atoms with Crippen LogP contribution in [0.2, 0.25) is 5.02 Å². The lowest BCUT2D eigenvalue weighted by atomic mass is 10.3. The highest BCUT2D eigenvalue weighted by atomic mass is 35.5. The summed E-state index contributed by atoms with van der Waals surface area (Å²) in [5, 5.41) is 7.51. The van der Waals surface area contributed by atoms with Gasteiger partial charge in [-0.25, -0.2) is 9.48 Å². The number of para-hydroxylation sites is 1. The van der Waals surface area contributed by atoms with Crippen LogP contribution in [-0.4, -0.2) is 29.9 Å². The Bertz CT molecular complexity index is 624. The van der Waals surface area contributed by atoms with Gasteiger partial charge in [0.15, 0.2) is 5.82 Å². The quantitative estimate of drug-likeness (QED) is 0.840. The summed E-state index contributed by atoms with van der Waals surface area (Å²) >= 11 is 6.10. The monoisotopic (exact) mass is 280 g/mol. The van der Waals surface area contributed by atoms with Crippen LogP contribution in [-0.2, 0) is 4.74 Å². The topological polar surface area (TPSA) is 82.2 Å². The highest BCUT2D eigenvalue weighted by Crippen LogP contribution is 2.28. The van der Waals surface area contributed by atoms with E-state index in [9.17, 15) is 4.79 Å². The van der Waals surface area contributed by atoms with E-state index in [2.05, 4.69) is 10.4 Å². The molecule has 2 rings (SSSR count). The number of nitrogen functional groups attached to an aromatic ring is 1. The fourth-order valence-electron chi connectivity index (χ4n) is 1.72. The second kappa shape index (κ2) is 5.19. The maximum absolute atomic E-state index is 11.7. The van der Waals surface area contributed by atoms with Gasteiger partial charge in [0.2, 0.25) is 0 Å². The average Bonchev–Trinajstić information content (AvgIpc) is 2.75. The predicted octanol–water partition coefficient (Wildman–Crippen LogP) is 1.94. The van der Waals surface area contributed by atoms with Crippen molar-refractivity contribution in [2.24, 2.45) is 0 Å². The lowest BCUT2D eigenvalue weighted by Crippen LogP contribution is -2.08. The number of halogens is 1. The molecule has 2 aromatic rings. The van der Waals surface area contributed by atoms with Crippen LogP contribution in [0.1, 0.15) is 10.4 Å². The van der Waals surface area contributed by atoms with Gasteiger partial charge in [-0.2, -0.15) is 0 Å². The van der Waals surface area contributed by atoms with E-state index in [1.807, 2.05) is 0 Å². The number of rotatable bonds is 3. The van der Waals surface area contributed by atoms with Gasteiger partial charge in [-0.15, -0.1) is 5.10 Å². The third-order valence-corrected chi connectivity index (χ3v) is 2.95. The van der Waals surface area contributed by atoms with E-state index >= 15 is 0 Å². The summed E-state index contributed by atoms with van der Waals surface area (Å²) < 4.78 is 6.10. The molecule has 0 unspecified atom stereocenters. The van der Waals surface area contributed by atoms with Gasteiger partial charge in [-0.3, -0.25) is 0 Å². The number of esters is 1. The Morgan fingerprint density at radius 3 is 2.74 bits per heavy atom. The fourth-order valence-corrected chi connectivity index (χ4v) is 1.93. The molecule has 19 heavy (non-hydrogen) atoms. The number of nitrogens with one attached hydrogen (secondary N) is 1. The third kappa shape index (κ3) is 2.22. The van der Waals surface area contributed by atoms with Gasteiger partial charge >= 0.3 is 5.97 Å². The first kappa shape index (κ1) is 13.2. The Hall–Kier alpha value is -2.21. The SMILES string of the molecule is CNc1nn(-c2ccccc2Cl)c(N)c1C(=O)OC. The van der Waals surface area contributed by atoms with E-state index in [0.717, 1.165) is 0 Å². The lowest BCUT2D eigenvalue weighted by Gasteiger charge is -2.05. The van der Waals surface area contributed by atoms with Crippen LogP contribution in [0.5, 0.6) is 0 Å². The summed E-state index contributed by atoms with van der Waals surface area (Å²) in [5.41, 5.74) is 6.73. The molecule has 0 radical (unpaired) electrons. The predicted molar refractivity (Wildman–Crippen MR) is 73.9 cm³/mol. The number of hydrogen-bond acceptors (Lipinski definition) is 5. The minimum atomic E-state index is -0.555. The lowest BCUT2D eigenvalue weighted by molar-refractivity contribution is 0.0603. The third-order valence-electron chi connectivity index (χ3n) is 2.63. The summed E-state index contributed by atoms with van der Waals surface area (Å²) in [4.78, 5) is 11.7. The highest BCUT2D eigenvalue weighted by molar-refractivity contribution is 6.32. The second-order valence-electron chi connectivity index (χ2n) is 3.71. The standard InChI is InChI=1S/C12H13ClN4O2/c1-15-11-9(12(18)19-2)10(14)17(16-11)8-6-4-3-5-7(8)13/h3-6H,14H2,1-2H3,(H,15,16). The van der Waals surface area contributed by atoms with Gasteiger partial charge < -0.3 is 15.8 Å². The number of nitrogens with zero attached hydrogens (tertiary/aromatic N) is 2. The zero-order valence-electron chi connectivity index (χ0n) is 10.5. The van der Waals surface area contributed by atoms with Crippen LogP contribution in [0.3, 0.4) is 0 Å². The first-order chi connectivity index (χ1) is 9.10. The van der Waals surface area contributed by atoms with Crippen molar-refractivity contribution < 1.29 is 9.53 Å². The zero-order valence-corrected chi connectivity index (χ0v) is 11.2. The van der Waals surface area contributed by atoms with Gasteiger partial charge in [0, 0.05) is 7.05 Å². The van der Waals surface area contributed by atoms with Crippen molar-refractivity contribution in [1.82, 2.24) is 9.78 Å². The maximum Gasteiger partial charge on any atom is 0.345 e. The van der Waals surface area contributed by atoms with Crippen LogP contribution >= 0.6 is 11.6 Å². The van der Waals surface area contributed by atoms with Gasteiger partial charge in [0.05, 0.1) is 17.8 Å². The maximum atomic E-state index is 11.7. The number of methoxy groups -OCH3 is 1. The summed E-state index contributed by atoms with van der Waals surface area (Å²) in [7, 11) is 2.93. The molecule has 6 nitrogen and oxygen atoms in total. The molecule has 100 valence electrons. The molecular formula is C12H13ClN4O2. The minimum absolute atomic E-state index is 0.171. The number of carbonyl (C=O) groups excluding carboxylic acids is 1. The van der Waals surface area contributed by atoms with Crippen LogP contribution in [0.15, 0.2) is 24.3 Å². The molecule has 0 atom stereocenters. The molecule has 0 aliphatic carbocycles. The minimum Gasteiger partial charge on any atom is -0.465 e. The number of anilines is 2. The first-order valence-corrected chi connectivity index (χ1v) is 5.87. The Labute approximate surface area is 115 Å². The molecule has 0 bridgehead atoms. The Morgan fingerprint density at radius 2 is 2.16 bits per heavy atom. The smallest absolute Gasteiger partial charge is 0.345 e. The molecule has 0 aliphatic rings. The Balaban J connectivity index is 2.64. The number of carbonyl (C=O) groups is 1. The van der Waals surface area contributed by atoms with Gasteiger partial charge in [-0.1, -0.05) is 23.7 Å². The molecule has 0 saturated heterocycles. The molecule has 0 aliphatic heterocycles. The molecule has 0 spiro atoms. The molecule has 3 N–H and O–H groups in total. The van der Waals surface area contributed by atoms with Crippen molar-refractivity contribution >= 4 is 29.2 Å². The van der Waals surface area contributed by atoms with Crippen molar-refractivity contribution in [3.63, 3.8) is 0 Å². The van der Waals surface area contributed by atoms with Gasteiger partial charge in [-0.05, 0) is 12.1 Å². The molecular weight excluding hydrogens is 268 g/mol. The van der Waals surface area contributed by atoms with E-state index in [1.165, 1.54) is 11.8 Å². The van der Waals surface area contributed by atoms with Gasteiger partial charge in [0.1, 0.15) is 11.4 Å². The van der Waals surface area contributed by atoms with E-state index in [1.54, 1.807) is 31.3 Å². The number of nitrogens with two attached hydrogens (primary N) is 1. The number of benzene rings is 1. The fraction of sp³-hybridized carbons (Fsp3) is 0.167. The number of hydrogen-bond donors (Lipinski definition) is 2. The summed E-state index contributed by atoms with van der Waals surface area (Å²) in [6.45, 7) is 0. The molecule has 0 amide bonds. The Kier molecular flexibility index (Phi) is 3.62. The summed E-state index contributed by atoms with van der Waals surface area (Å²) in [6, 6.07) is 7.08. The normalized spacial score (nSPS) is 10.3. The highest BCUT2D eigenvalue weighted by Gasteiger charge is 2.23. The molecule has 7 heteroatoms. The molecule has 1 aromatic heterocycles. The van der Waals surface area contributed by atoms with Crippen molar-refractivity contribution in [3.05, 3.63) is 34.9 Å². The van der Waals surface area contributed by atoms with Crippen LogP contribution < -0.4 is 11.1 Å². The van der Waals surface area contributed by atoms with Crippen molar-refractivity contribution in [2.45, 2.75) is 0 Å². The zero-order chi connectivity index (χ0) is 14.0. The molecule has 1 aromatic carbocycles. The molecule has 0 fully saturated rings. The van der Waals surface area contributed by atoms with Crippen molar-refractivity contribution in [1.29, 1.82) is 0 Å². The average molecular weight is 281 g/mol. The first-order valence-electron chi connectivity index (χ1n) is 5.49. The summed E-state index contributed by atoms with van der Waals surface area (Å²) in [6.07, 6.45) is 0. The number of ether oxygens (including phenoxy) is 1. The summed E-state index contributed by atoms with van der Waals surface area (Å²) in [5.74, 6) is -0.0475. The van der Waals surface area contributed by atoms with Crippen molar-refractivity contribution in [2.75, 3.05) is 25.2 Å². The Morgan fingerprint density at radius 1 is 1.47 bits per heavy atom. The number of aromatic nitrogens is 2. The molecule has 1 heterocycles. The van der Waals surface area contributed by atoms with Crippen molar-refractivity contribution in [3.8, 4) is 5.69 Å². The second-order valence-corrected chi connectivity index (χ2v) is 4.12.